The zero-order chi connectivity index (χ0) is 25.4. The third-order valence-electron chi connectivity index (χ3n) is 7.30. The fourth-order valence-electron chi connectivity index (χ4n) is 5.31. The van der Waals surface area contributed by atoms with E-state index in [0.29, 0.717) is 0 Å². The van der Waals surface area contributed by atoms with Gasteiger partial charge in [0.25, 0.3) is 11.8 Å². The van der Waals surface area contributed by atoms with Crippen LogP contribution >= 0.6 is 0 Å². The molecule has 0 aliphatic carbocycles. The normalized spacial score (nSPS) is 21.0. The summed E-state index contributed by atoms with van der Waals surface area (Å²) in [5.41, 5.74) is 3.36. The number of carboxylic acid groups (broad SMARTS) is 1. The highest BCUT2D eigenvalue weighted by atomic mass is 16.4. The topological polar surface area (TPSA) is 124 Å². The maximum absolute atomic E-state index is 13.1. The number of hydrogen-bond donors (Lipinski definition) is 2. The van der Waals surface area contributed by atoms with E-state index in [9.17, 15) is 24.0 Å². The fourth-order valence-corrected chi connectivity index (χ4v) is 5.31. The quantitative estimate of drug-likeness (QED) is 0.597. The Kier molecular flexibility index (Phi) is 6.40. The first kappa shape index (κ1) is 23.9. The molecule has 1 atom stereocenters. The van der Waals surface area contributed by atoms with E-state index in [1.54, 1.807) is 18.2 Å². The number of carbonyl (C=O) groups excluding carboxylic acids is 4. The fraction of sp³-hybridized carbons (Fsp3) is 0.370. The Bertz CT molecular complexity index is 1250. The minimum absolute atomic E-state index is 0.0851. The van der Waals surface area contributed by atoms with E-state index in [-0.39, 0.29) is 36.3 Å². The average molecular weight is 490 g/mol. The van der Waals surface area contributed by atoms with Gasteiger partial charge in [0, 0.05) is 19.4 Å². The number of nitrogens with zero attached hydrogens (tertiary/aromatic N) is 2. The standard InChI is InChI=1S/C27H27N3O6/c31-23-8-7-22(25(34)28-23)30-26(35)20-6-5-19(14-21(20)27(30)36)18-3-1-17(2-4-18)15-29-11-9-16(10-12-29)13-24(32)33/h1-6,14,16,22H,7-13,15H2,(H,32,33)(H,28,31,34). The van der Waals surface area contributed by atoms with Gasteiger partial charge in [0.2, 0.25) is 11.8 Å². The number of carbonyl (C=O) groups is 5. The van der Waals surface area contributed by atoms with Gasteiger partial charge in [0.1, 0.15) is 6.04 Å². The molecule has 9 heteroatoms. The van der Waals surface area contributed by atoms with Crippen molar-refractivity contribution in [3.05, 3.63) is 59.2 Å². The molecule has 2 aromatic carbocycles. The minimum Gasteiger partial charge on any atom is -0.481 e. The highest BCUT2D eigenvalue weighted by Crippen LogP contribution is 2.31. The van der Waals surface area contributed by atoms with Crippen molar-refractivity contribution in [2.75, 3.05) is 13.1 Å². The molecule has 3 aliphatic rings. The van der Waals surface area contributed by atoms with Crippen molar-refractivity contribution in [1.82, 2.24) is 15.1 Å². The summed E-state index contributed by atoms with van der Waals surface area (Å²) >= 11 is 0. The molecule has 0 radical (unpaired) electrons. The number of piperidine rings is 2. The maximum atomic E-state index is 13.1. The summed E-state index contributed by atoms with van der Waals surface area (Å²) in [7, 11) is 0. The number of nitrogens with one attached hydrogen (secondary N) is 1. The second-order valence-electron chi connectivity index (χ2n) is 9.72. The van der Waals surface area contributed by atoms with Gasteiger partial charge in [0.05, 0.1) is 11.1 Å². The zero-order valence-electron chi connectivity index (χ0n) is 19.7. The number of rotatable bonds is 6. The van der Waals surface area contributed by atoms with E-state index < -0.39 is 35.6 Å². The lowest BCUT2D eigenvalue weighted by Gasteiger charge is -2.31. The summed E-state index contributed by atoms with van der Waals surface area (Å²) in [5.74, 6) is -2.54. The molecule has 2 N–H and O–H groups in total. The van der Waals surface area contributed by atoms with Gasteiger partial charge >= 0.3 is 5.97 Å². The lowest BCUT2D eigenvalue weighted by Crippen LogP contribution is -2.54. The van der Waals surface area contributed by atoms with Gasteiger partial charge in [-0.2, -0.15) is 0 Å². The van der Waals surface area contributed by atoms with Crippen LogP contribution < -0.4 is 5.32 Å². The summed E-state index contributed by atoms with van der Waals surface area (Å²) in [6.07, 6.45) is 2.23. The Hall–Kier alpha value is -3.85. The van der Waals surface area contributed by atoms with Crippen molar-refractivity contribution < 1.29 is 29.1 Å². The molecule has 2 fully saturated rings. The largest absolute Gasteiger partial charge is 0.481 e. The Morgan fingerprint density at radius 3 is 2.22 bits per heavy atom. The maximum Gasteiger partial charge on any atom is 0.303 e. The molecule has 0 aromatic heterocycles. The Balaban J connectivity index is 1.26. The van der Waals surface area contributed by atoms with Gasteiger partial charge in [0.15, 0.2) is 0 Å². The second-order valence-corrected chi connectivity index (χ2v) is 9.72. The molecule has 2 aromatic rings. The first-order valence-corrected chi connectivity index (χ1v) is 12.2. The molecule has 1 unspecified atom stereocenters. The molecule has 3 heterocycles. The van der Waals surface area contributed by atoms with Crippen LogP contribution in [0, 0.1) is 5.92 Å². The molecule has 0 bridgehead atoms. The van der Waals surface area contributed by atoms with E-state index in [1.165, 1.54) is 0 Å². The number of likely N-dealkylation sites (tertiary alicyclic amines) is 1. The van der Waals surface area contributed by atoms with Crippen molar-refractivity contribution in [3.8, 4) is 11.1 Å². The first-order valence-electron chi connectivity index (χ1n) is 12.2. The molecular weight excluding hydrogens is 462 g/mol. The minimum atomic E-state index is -0.980. The summed E-state index contributed by atoms with van der Waals surface area (Å²) in [6, 6.07) is 12.1. The number of benzene rings is 2. The van der Waals surface area contributed by atoms with E-state index >= 15 is 0 Å². The first-order chi connectivity index (χ1) is 17.3. The highest BCUT2D eigenvalue weighted by molar-refractivity contribution is 6.23. The van der Waals surface area contributed by atoms with Crippen LogP contribution in [0.1, 0.15) is 58.4 Å². The van der Waals surface area contributed by atoms with Crippen LogP contribution in [0.5, 0.6) is 0 Å². The van der Waals surface area contributed by atoms with E-state index in [4.69, 9.17) is 5.11 Å². The van der Waals surface area contributed by atoms with Gasteiger partial charge in [-0.25, -0.2) is 0 Å². The predicted octanol–water partition coefficient (Wildman–Crippen LogP) is 2.44. The number of fused-ring (bicyclic) bond motifs is 1. The molecule has 9 nitrogen and oxygen atoms in total. The van der Waals surface area contributed by atoms with Gasteiger partial charge < -0.3 is 5.11 Å². The van der Waals surface area contributed by atoms with E-state index in [1.807, 2.05) is 24.3 Å². The van der Waals surface area contributed by atoms with Crippen LogP contribution in [0.15, 0.2) is 42.5 Å². The summed E-state index contributed by atoms with van der Waals surface area (Å²) in [5, 5.41) is 11.2. The molecule has 4 amide bonds. The lowest BCUT2D eigenvalue weighted by molar-refractivity contribution is -0.139. The number of hydrogen-bond acceptors (Lipinski definition) is 6. The number of amides is 4. The van der Waals surface area contributed by atoms with E-state index in [0.717, 1.165) is 54.1 Å². The molecule has 186 valence electrons. The SMILES string of the molecule is O=C(O)CC1CCN(Cc2ccc(-c3ccc4c(c3)C(=O)N(C3CCC(=O)NC3=O)C4=O)cc2)CC1. The van der Waals surface area contributed by atoms with E-state index in [2.05, 4.69) is 10.2 Å². The van der Waals surface area contributed by atoms with Gasteiger partial charge in [-0.3, -0.25) is 39.1 Å². The molecule has 36 heavy (non-hydrogen) atoms. The van der Waals surface area contributed by atoms with Crippen LogP contribution in [0.4, 0.5) is 0 Å². The highest BCUT2D eigenvalue weighted by Gasteiger charge is 2.44. The molecule has 0 saturated carbocycles. The van der Waals surface area contributed by atoms with Gasteiger partial charge in [-0.15, -0.1) is 0 Å². The third-order valence-corrected chi connectivity index (χ3v) is 7.30. The van der Waals surface area contributed by atoms with Crippen LogP contribution in [0.2, 0.25) is 0 Å². The van der Waals surface area contributed by atoms with Gasteiger partial charge in [-0.05, 0) is 67.1 Å². The third kappa shape index (κ3) is 4.66. The predicted molar refractivity (Wildman–Crippen MR) is 129 cm³/mol. The van der Waals surface area contributed by atoms with Crippen LogP contribution in [0.25, 0.3) is 11.1 Å². The van der Waals surface area contributed by atoms with Crippen molar-refractivity contribution in [2.24, 2.45) is 5.92 Å². The average Bonchev–Trinajstić information content (AvgIpc) is 3.10. The Labute approximate surface area is 208 Å². The Morgan fingerprint density at radius 2 is 1.56 bits per heavy atom. The lowest BCUT2D eigenvalue weighted by atomic mass is 9.93. The smallest absolute Gasteiger partial charge is 0.303 e. The number of imide groups is 2. The van der Waals surface area contributed by atoms with Crippen LogP contribution in [0.3, 0.4) is 0 Å². The van der Waals surface area contributed by atoms with Crippen LogP contribution in [-0.2, 0) is 20.9 Å². The number of aliphatic carboxylic acids is 1. The number of carboxylic acids is 1. The molecule has 0 spiro atoms. The van der Waals surface area contributed by atoms with Crippen molar-refractivity contribution in [2.45, 2.75) is 44.7 Å². The van der Waals surface area contributed by atoms with Crippen molar-refractivity contribution in [3.63, 3.8) is 0 Å². The van der Waals surface area contributed by atoms with Crippen molar-refractivity contribution in [1.29, 1.82) is 0 Å². The summed E-state index contributed by atoms with van der Waals surface area (Å²) in [4.78, 5) is 63.9. The Morgan fingerprint density at radius 1 is 0.889 bits per heavy atom. The van der Waals surface area contributed by atoms with Gasteiger partial charge in [-0.1, -0.05) is 30.3 Å². The molecule has 5 rings (SSSR count). The summed E-state index contributed by atoms with van der Waals surface area (Å²) in [6.45, 7) is 2.55. The van der Waals surface area contributed by atoms with Crippen LogP contribution in [-0.4, -0.2) is 63.6 Å². The zero-order valence-corrected chi connectivity index (χ0v) is 19.7. The monoisotopic (exact) mass is 489 g/mol. The molecule has 3 aliphatic heterocycles. The molecular formula is C27H27N3O6. The molecule has 2 saturated heterocycles. The van der Waals surface area contributed by atoms with Crippen molar-refractivity contribution >= 4 is 29.6 Å². The second kappa shape index (κ2) is 9.66. The summed E-state index contributed by atoms with van der Waals surface area (Å²) < 4.78 is 0.